The predicted octanol–water partition coefficient (Wildman–Crippen LogP) is 3.93. The lowest BCUT2D eigenvalue weighted by Gasteiger charge is -2.30. The van der Waals surface area contributed by atoms with Crippen LogP contribution in [-0.4, -0.2) is 37.6 Å². The summed E-state index contributed by atoms with van der Waals surface area (Å²) >= 11 is 1.08. The van der Waals surface area contributed by atoms with Gasteiger partial charge >= 0.3 is 0 Å². The Hall–Kier alpha value is -2.65. The summed E-state index contributed by atoms with van der Waals surface area (Å²) < 4.78 is 29.1. The van der Waals surface area contributed by atoms with Crippen LogP contribution in [0.1, 0.15) is 37.0 Å². The lowest BCUT2D eigenvalue weighted by atomic mass is 10.1. The van der Waals surface area contributed by atoms with E-state index < -0.39 is 10.0 Å². The minimum Gasteiger partial charge on any atom is -0.325 e. The van der Waals surface area contributed by atoms with Gasteiger partial charge in [-0.1, -0.05) is 49.4 Å². The number of carbonyl (C=O) groups is 2. The third kappa shape index (κ3) is 5.09. The Morgan fingerprint density at radius 1 is 1.13 bits per heavy atom. The summed E-state index contributed by atoms with van der Waals surface area (Å²) in [6.45, 7) is 4.12. The Morgan fingerprint density at radius 2 is 1.90 bits per heavy atom. The summed E-state index contributed by atoms with van der Waals surface area (Å²) in [5, 5.41) is 3.03. The van der Waals surface area contributed by atoms with Crippen molar-refractivity contribution in [2.24, 2.45) is 4.40 Å². The first kappa shape index (κ1) is 22.0. The number of anilines is 2. The molecule has 0 saturated carbocycles. The van der Waals surface area contributed by atoms with Gasteiger partial charge in [-0.3, -0.25) is 9.59 Å². The maximum Gasteiger partial charge on any atom is 0.286 e. The van der Waals surface area contributed by atoms with E-state index in [2.05, 4.69) is 16.6 Å². The maximum atomic E-state index is 12.6. The fourth-order valence-corrected chi connectivity index (χ4v) is 5.26. The number of carbonyl (C=O) groups excluding carboxylic acids is 2. The number of nitrogens with one attached hydrogen (secondary N) is 1. The normalized spacial score (nSPS) is 14.6. The molecule has 0 saturated heterocycles. The molecule has 2 aromatic carbocycles. The van der Waals surface area contributed by atoms with Gasteiger partial charge in [0.1, 0.15) is 4.90 Å². The van der Waals surface area contributed by atoms with Crippen molar-refractivity contribution >= 4 is 50.0 Å². The van der Waals surface area contributed by atoms with Crippen molar-refractivity contribution < 1.29 is 18.0 Å². The summed E-state index contributed by atoms with van der Waals surface area (Å²) in [6, 6.07) is 13.4. The van der Waals surface area contributed by atoms with Crippen LogP contribution in [0, 0.1) is 0 Å². The first-order valence-electron chi connectivity index (χ1n) is 9.57. The van der Waals surface area contributed by atoms with E-state index in [0.29, 0.717) is 23.5 Å². The monoisotopic (exact) mass is 445 g/mol. The Morgan fingerprint density at radius 3 is 2.63 bits per heavy atom. The third-order valence-corrected chi connectivity index (χ3v) is 6.89. The van der Waals surface area contributed by atoms with Crippen molar-refractivity contribution in [3.63, 3.8) is 0 Å². The predicted molar refractivity (Wildman–Crippen MR) is 121 cm³/mol. The van der Waals surface area contributed by atoms with E-state index in [4.69, 9.17) is 0 Å². The minimum absolute atomic E-state index is 0.0105. The number of hydrogen-bond acceptors (Lipinski definition) is 6. The molecular weight excluding hydrogens is 422 g/mol. The Kier molecular flexibility index (Phi) is 6.94. The quantitative estimate of drug-likeness (QED) is 0.649. The second-order valence-corrected chi connectivity index (χ2v) is 9.31. The topological polar surface area (TPSA) is 95.9 Å². The van der Waals surface area contributed by atoms with Crippen LogP contribution in [0.15, 0.2) is 57.8 Å². The van der Waals surface area contributed by atoms with Crippen molar-refractivity contribution in [2.45, 2.75) is 31.6 Å². The molecule has 158 valence electrons. The number of amides is 1. The lowest BCUT2D eigenvalue weighted by Crippen LogP contribution is -2.35. The Bertz CT molecular complexity index is 1100. The average molecular weight is 446 g/mol. The van der Waals surface area contributed by atoms with Gasteiger partial charge in [0.15, 0.2) is 11.0 Å². The molecule has 0 radical (unpaired) electrons. The van der Waals surface area contributed by atoms with Gasteiger partial charge in [-0.2, -0.15) is 8.42 Å². The Balaban J connectivity index is 1.76. The van der Waals surface area contributed by atoms with Gasteiger partial charge in [0.05, 0.1) is 11.4 Å². The standard InChI is InChI=1S/C21H23N3O4S2/c1-3-4-12-24-18-10-5-6-11-19(18)30(27,28)23-21(24)29-14-20(26)22-17-9-7-8-16(13-17)15(2)25/h5-11,13H,3-4,12,14H2,1-2H3,(H,22,26). The molecule has 0 aliphatic carbocycles. The SMILES string of the molecule is CCCCN1C(SCC(=O)Nc2cccc(C(C)=O)c2)=NS(=O)(=O)c2ccccc21. The van der Waals surface area contributed by atoms with E-state index in [1.165, 1.54) is 6.92 Å². The number of fused-ring (bicyclic) bond motifs is 1. The van der Waals surface area contributed by atoms with Crippen LogP contribution in [-0.2, 0) is 14.8 Å². The van der Waals surface area contributed by atoms with Gasteiger partial charge in [0.25, 0.3) is 10.0 Å². The van der Waals surface area contributed by atoms with E-state index in [1.54, 1.807) is 48.5 Å². The highest BCUT2D eigenvalue weighted by atomic mass is 32.2. The fraction of sp³-hybridized carbons (Fsp3) is 0.286. The smallest absolute Gasteiger partial charge is 0.286 e. The van der Waals surface area contributed by atoms with Gasteiger partial charge in [-0.15, -0.1) is 4.40 Å². The number of nitrogens with zero attached hydrogens (tertiary/aromatic N) is 2. The zero-order valence-electron chi connectivity index (χ0n) is 16.8. The third-order valence-electron chi connectivity index (χ3n) is 4.48. The van der Waals surface area contributed by atoms with Crippen molar-refractivity contribution in [1.29, 1.82) is 0 Å². The second kappa shape index (κ2) is 9.44. The minimum atomic E-state index is -3.81. The van der Waals surface area contributed by atoms with E-state index in [-0.39, 0.29) is 27.5 Å². The lowest BCUT2D eigenvalue weighted by molar-refractivity contribution is -0.113. The molecule has 0 unspecified atom stereocenters. The highest BCUT2D eigenvalue weighted by Crippen LogP contribution is 2.34. The number of para-hydroxylation sites is 1. The molecule has 1 heterocycles. The number of benzene rings is 2. The van der Waals surface area contributed by atoms with Crippen molar-refractivity contribution in [3.8, 4) is 0 Å². The van der Waals surface area contributed by atoms with Crippen LogP contribution in [0.4, 0.5) is 11.4 Å². The highest BCUT2D eigenvalue weighted by molar-refractivity contribution is 8.15. The van der Waals surface area contributed by atoms with Gasteiger partial charge in [0.2, 0.25) is 5.91 Å². The number of hydrogen-bond donors (Lipinski definition) is 1. The summed E-state index contributed by atoms with van der Waals surface area (Å²) in [5.74, 6) is -0.411. The molecule has 0 fully saturated rings. The second-order valence-electron chi connectivity index (χ2n) is 6.80. The molecule has 0 spiro atoms. The zero-order chi connectivity index (χ0) is 21.7. The van der Waals surface area contributed by atoms with Crippen molar-refractivity contribution in [1.82, 2.24) is 0 Å². The molecule has 30 heavy (non-hydrogen) atoms. The van der Waals surface area contributed by atoms with E-state index >= 15 is 0 Å². The van der Waals surface area contributed by atoms with Crippen LogP contribution < -0.4 is 10.2 Å². The summed E-state index contributed by atoms with van der Waals surface area (Å²) in [6.07, 6.45) is 1.80. The summed E-state index contributed by atoms with van der Waals surface area (Å²) in [5.41, 5.74) is 1.60. The molecule has 3 rings (SSSR count). The van der Waals surface area contributed by atoms with E-state index in [0.717, 1.165) is 24.6 Å². The largest absolute Gasteiger partial charge is 0.325 e. The van der Waals surface area contributed by atoms with Gasteiger partial charge < -0.3 is 10.2 Å². The van der Waals surface area contributed by atoms with Crippen LogP contribution in [0.3, 0.4) is 0 Å². The first-order chi connectivity index (χ1) is 14.3. The van der Waals surface area contributed by atoms with E-state index in [9.17, 15) is 18.0 Å². The molecule has 7 nitrogen and oxygen atoms in total. The highest BCUT2D eigenvalue weighted by Gasteiger charge is 2.30. The molecule has 2 aromatic rings. The Labute approximate surface area is 180 Å². The molecule has 0 atom stereocenters. The fourth-order valence-electron chi connectivity index (χ4n) is 2.98. The van der Waals surface area contributed by atoms with Crippen molar-refractivity contribution in [3.05, 3.63) is 54.1 Å². The molecule has 1 amide bonds. The van der Waals surface area contributed by atoms with Crippen LogP contribution >= 0.6 is 11.8 Å². The molecule has 9 heteroatoms. The summed E-state index contributed by atoms with van der Waals surface area (Å²) in [4.78, 5) is 26.0. The molecular formula is C21H23N3O4S2. The summed E-state index contributed by atoms with van der Waals surface area (Å²) in [7, 11) is -3.81. The number of sulfonamides is 1. The number of Topliss-reactive ketones (excluding diaryl/α,β-unsaturated/α-hetero) is 1. The molecule has 1 N–H and O–H groups in total. The molecule has 0 bridgehead atoms. The maximum absolute atomic E-state index is 12.6. The van der Waals surface area contributed by atoms with Gasteiger partial charge in [0, 0.05) is 17.8 Å². The number of ketones is 1. The number of rotatable bonds is 7. The number of thioether (sulfide) groups is 1. The number of unbranched alkanes of at least 4 members (excludes halogenated alkanes) is 1. The zero-order valence-corrected chi connectivity index (χ0v) is 18.4. The number of amidine groups is 1. The first-order valence-corrected chi connectivity index (χ1v) is 12.0. The van der Waals surface area contributed by atoms with Crippen LogP contribution in [0.2, 0.25) is 0 Å². The average Bonchev–Trinajstić information content (AvgIpc) is 2.72. The van der Waals surface area contributed by atoms with Crippen molar-refractivity contribution in [2.75, 3.05) is 22.5 Å². The molecule has 1 aliphatic rings. The molecule has 0 aromatic heterocycles. The van der Waals surface area contributed by atoms with E-state index in [1.807, 2.05) is 4.90 Å². The van der Waals surface area contributed by atoms with Crippen LogP contribution in [0.5, 0.6) is 0 Å². The molecule has 1 aliphatic heterocycles. The van der Waals surface area contributed by atoms with Gasteiger partial charge in [-0.25, -0.2) is 0 Å². The van der Waals surface area contributed by atoms with Gasteiger partial charge in [-0.05, 0) is 37.6 Å². The van der Waals surface area contributed by atoms with Crippen LogP contribution in [0.25, 0.3) is 0 Å².